The van der Waals surface area contributed by atoms with Gasteiger partial charge in [0.05, 0.1) is 0 Å². The smallest absolute Gasteiger partial charge is 0.000701 e. The Balaban J connectivity index is 3.35. The summed E-state index contributed by atoms with van der Waals surface area (Å²) >= 11 is 0. The van der Waals surface area contributed by atoms with Crippen LogP contribution in [0.2, 0.25) is 0 Å². The lowest BCUT2D eigenvalue weighted by molar-refractivity contribution is 0.537. The van der Waals surface area contributed by atoms with E-state index in [0.717, 1.165) is 0 Å². The Morgan fingerprint density at radius 3 is 1.56 bits per heavy atom. The van der Waals surface area contributed by atoms with Gasteiger partial charge in [-0.15, -0.1) is 18.5 Å². The van der Waals surface area contributed by atoms with Gasteiger partial charge in [-0.2, -0.15) is 0 Å². The fourth-order valence-electron chi connectivity index (χ4n) is 2.06. The fourth-order valence-corrected chi connectivity index (χ4v) is 2.88. The average Bonchev–Trinajstić information content (AvgIpc) is 2.23. The van der Waals surface area contributed by atoms with Crippen molar-refractivity contribution < 1.29 is 0 Å². The van der Waals surface area contributed by atoms with Crippen LogP contribution in [0.1, 0.15) is 84.5 Å². The van der Waals surface area contributed by atoms with E-state index in [1.54, 1.807) is 0 Å². The third-order valence-corrected chi connectivity index (χ3v) is 4.40. The zero-order valence-corrected chi connectivity index (χ0v) is 13.7. The van der Waals surface area contributed by atoms with E-state index in [1.807, 2.05) is 0 Å². The van der Waals surface area contributed by atoms with E-state index in [-0.39, 0.29) is 0 Å². The van der Waals surface area contributed by atoms with Crippen molar-refractivity contribution in [1.29, 1.82) is 0 Å². The minimum absolute atomic E-state index is 0.430. The molecule has 0 N–H and O–H groups in total. The van der Waals surface area contributed by atoms with Gasteiger partial charge >= 0.3 is 0 Å². The summed E-state index contributed by atoms with van der Waals surface area (Å²) in [5.41, 5.74) is 0. The highest BCUT2D eigenvalue weighted by atomic mass is 31.1. The van der Waals surface area contributed by atoms with E-state index >= 15 is 0 Å². The van der Waals surface area contributed by atoms with E-state index < -0.39 is 0 Å². The van der Waals surface area contributed by atoms with Crippen molar-refractivity contribution in [3.63, 3.8) is 0 Å². The van der Waals surface area contributed by atoms with Gasteiger partial charge in [0.25, 0.3) is 0 Å². The maximum Gasteiger partial charge on any atom is -0.000701 e. The van der Waals surface area contributed by atoms with E-state index in [4.69, 9.17) is 0 Å². The minimum Gasteiger partial charge on any atom is -0.127 e. The molecule has 0 saturated heterocycles. The first-order valence-electron chi connectivity index (χ1n) is 7.20. The molecule has 0 fully saturated rings. The SMILES string of the molecule is CCCCCCCCC(P)(P)CCCCC. The molecule has 16 heavy (non-hydrogen) atoms. The highest BCUT2D eigenvalue weighted by Gasteiger charge is 2.16. The standard InChI is InChI=1S/C14H32P2/c1-3-5-7-8-9-11-13-14(15,16)12-10-6-4-2/h3-13,15-16H2,1-2H3. The van der Waals surface area contributed by atoms with Crippen LogP contribution in [0.5, 0.6) is 0 Å². The second-order valence-corrected chi connectivity index (χ2v) is 8.17. The second-order valence-electron chi connectivity index (χ2n) is 5.21. The molecule has 98 valence electrons. The summed E-state index contributed by atoms with van der Waals surface area (Å²) in [6, 6.07) is 0. The lowest BCUT2D eigenvalue weighted by Gasteiger charge is -2.24. The van der Waals surface area contributed by atoms with Crippen LogP contribution in [0.15, 0.2) is 0 Å². The third kappa shape index (κ3) is 11.3. The quantitative estimate of drug-likeness (QED) is 0.328. The van der Waals surface area contributed by atoms with E-state index in [2.05, 4.69) is 32.3 Å². The average molecular weight is 262 g/mol. The summed E-state index contributed by atoms with van der Waals surface area (Å²) in [6.07, 6.45) is 15.3. The van der Waals surface area contributed by atoms with Gasteiger partial charge in [-0.1, -0.05) is 71.6 Å². The Morgan fingerprint density at radius 1 is 0.625 bits per heavy atom. The fraction of sp³-hybridized carbons (Fsp3) is 1.00. The lowest BCUT2D eigenvalue weighted by Crippen LogP contribution is -2.10. The molecule has 0 amide bonds. The van der Waals surface area contributed by atoms with Gasteiger partial charge in [-0.05, 0) is 17.7 Å². The summed E-state index contributed by atoms with van der Waals surface area (Å²) in [4.78, 5) is 0.430. The van der Waals surface area contributed by atoms with E-state index in [0.29, 0.717) is 4.90 Å². The summed E-state index contributed by atoms with van der Waals surface area (Å²) in [5, 5.41) is 0. The van der Waals surface area contributed by atoms with Crippen molar-refractivity contribution in [2.24, 2.45) is 0 Å². The molecule has 0 aliphatic rings. The van der Waals surface area contributed by atoms with Crippen molar-refractivity contribution in [1.82, 2.24) is 0 Å². The van der Waals surface area contributed by atoms with Gasteiger partial charge < -0.3 is 0 Å². The molecular formula is C14H32P2. The van der Waals surface area contributed by atoms with Gasteiger partial charge in [0.2, 0.25) is 0 Å². The zero-order chi connectivity index (χ0) is 12.3. The molecule has 2 atom stereocenters. The topological polar surface area (TPSA) is 0 Å². The van der Waals surface area contributed by atoms with Gasteiger partial charge in [0.1, 0.15) is 0 Å². The molecule has 0 saturated carbocycles. The largest absolute Gasteiger partial charge is 0.127 e. The summed E-state index contributed by atoms with van der Waals surface area (Å²) in [5.74, 6) is 0. The van der Waals surface area contributed by atoms with Gasteiger partial charge in [-0.25, -0.2) is 0 Å². The number of hydrogen-bond donors (Lipinski definition) is 0. The van der Waals surface area contributed by atoms with Crippen LogP contribution in [0.25, 0.3) is 0 Å². The molecule has 0 aromatic heterocycles. The molecule has 0 heterocycles. The first-order valence-corrected chi connectivity index (χ1v) is 8.35. The Labute approximate surface area is 108 Å². The third-order valence-electron chi connectivity index (χ3n) is 3.24. The number of rotatable bonds is 11. The Hall–Kier alpha value is 0.860. The normalized spacial score (nSPS) is 12.0. The summed E-state index contributed by atoms with van der Waals surface area (Å²) in [7, 11) is 6.11. The maximum absolute atomic E-state index is 3.06. The lowest BCUT2D eigenvalue weighted by atomic mass is 10.0. The van der Waals surface area contributed by atoms with Crippen LogP contribution in [0, 0.1) is 0 Å². The first-order chi connectivity index (χ1) is 7.62. The molecule has 2 unspecified atom stereocenters. The van der Waals surface area contributed by atoms with Crippen LogP contribution in [-0.2, 0) is 0 Å². The summed E-state index contributed by atoms with van der Waals surface area (Å²) in [6.45, 7) is 4.56. The molecule has 0 aromatic carbocycles. The Bertz CT molecular complexity index is 144. The van der Waals surface area contributed by atoms with E-state index in [1.165, 1.54) is 70.6 Å². The van der Waals surface area contributed by atoms with Gasteiger partial charge in [0, 0.05) is 0 Å². The predicted octanol–water partition coefficient (Wildman–Crippen LogP) is 5.76. The maximum atomic E-state index is 3.06. The van der Waals surface area contributed by atoms with Crippen molar-refractivity contribution in [2.45, 2.75) is 89.4 Å². The van der Waals surface area contributed by atoms with Crippen molar-refractivity contribution in [3.05, 3.63) is 0 Å². The Morgan fingerprint density at radius 2 is 1.00 bits per heavy atom. The molecule has 0 radical (unpaired) electrons. The van der Waals surface area contributed by atoms with Crippen LogP contribution in [0.3, 0.4) is 0 Å². The van der Waals surface area contributed by atoms with Gasteiger partial charge in [0.15, 0.2) is 0 Å². The molecule has 0 aromatic rings. The van der Waals surface area contributed by atoms with Crippen molar-refractivity contribution in [3.8, 4) is 0 Å². The van der Waals surface area contributed by atoms with Crippen molar-refractivity contribution in [2.75, 3.05) is 0 Å². The minimum atomic E-state index is 0.430. The molecule has 0 nitrogen and oxygen atoms in total. The molecule has 0 rings (SSSR count). The summed E-state index contributed by atoms with van der Waals surface area (Å²) < 4.78 is 0. The highest BCUT2D eigenvalue weighted by molar-refractivity contribution is 7.39. The predicted molar refractivity (Wildman–Crippen MR) is 84.3 cm³/mol. The van der Waals surface area contributed by atoms with Crippen LogP contribution in [0.4, 0.5) is 0 Å². The van der Waals surface area contributed by atoms with Crippen molar-refractivity contribution >= 4 is 18.5 Å². The van der Waals surface area contributed by atoms with Crippen LogP contribution >= 0.6 is 18.5 Å². The molecule has 2 heteroatoms. The first kappa shape index (κ1) is 16.9. The number of hydrogen-bond acceptors (Lipinski definition) is 0. The Kier molecular flexibility index (Phi) is 11.6. The molecule has 0 spiro atoms. The molecule has 0 aliphatic heterocycles. The van der Waals surface area contributed by atoms with Crippen LogP contribution < -0.4 is 0 Å². The van der Waals surface area contributed by atoms with Gasteiger partial charge in [-0.3, -0.25) is 0 Å². The molecule has 0 aliphatic carbocycles. The molecule has 0 bridgehead atoms. The molecular weight excluding hydrogens is 230 g/mol. The highest BCUT2D eigenvalue weighted by Crippen LogP contribution is 2.37. The van der Waals surface area contributed by atoms with Crippen LogP contribution in [-0.4, -0.2) is 4.90 Å². The zero-order valence-electron chi connectivity index (χ0n) is 11.4. The monoisotopic (exact) mass is 262 g/mol. The second kappa shape index (κ2) is 11.0. The van der Waals surface area contributed by atoms with E-state index in [9.17, 15) is 0 Å². The number of unbranched alkanes of at least 4 members (excludes halogenated alkanes) is 7.